The number of pyridine rings is 1. The maximum absolute atomic E-state index is 12.7. The third-order valence-corrected chi connectivity index (χ3v) is 5.50. The molecule has 0 atom stereocenters. The van der Waals surface area contributed by atoms with Crippen LogP contribution in [0.2, 0.25) is 4.47 Å². The highest BCUT2D eigenvalue weighted by atomic mass is 35.5. The maximum Gasteiger partial charge on any atom is 0.349 e. The number of halogens is 1. The lowest BCUT2D eigenvalue weighted by Crippen LogP contribution is -2.41. The third kappa shape index (κ3) is 3.46. The average molecular weight is 415 g/mol. The molecular formula is C20H17ClN3O3S+. The molecule has 0 saturated carbocycles. The van der Waals surface area contributed by atoms with Gasteiger partial charge in [-0.2, -0.15) is 8.97 Å². The molecule has 8 heteroatoms. The molecule has 0 amide bonds. The number of hydrogen-bond acceptors (Lipinski definition) is 5. The Hall–Kier alpha value is -2.90. The van der Waals surface area contributed by atoms with Crippen molar-refractivity contribution >= 4 is 28.6 Å². The van der Waals surface area contributed by atoms with Crippen LogP contribution >= 0.6 is 22.9 Å². The molecule has 3 aromatic heterocycles. The molecule has 0 bridgehead atoms. The van der Waals surface area contributed by atoms with Crippen LogP contribution in [0.5, 0.6) is 17.4 Å². The van der Waals surface area contributed by atoms with E-state index in [1.807, 2.05) is 31.2 Å². The number of fused-ring (bicyclic) bond motifs is 1. The van der Waals surface area contributed by atoms with E-state index in [0.717, 1.165) is 10.4 Å². The molecule has 0 radical (unpaired) electrons. The van der Waals surface area contributed by atoms with Crippen LogP contribution in [-0.2, 0) is 6.54 Å². The van der Waals surface area contributed by atoms with Crippen molar-refractivity contribution in [2.45, 2.75) is 20.4 Å². The quantitative estimate of drug-likeness (QED) is 0.515. The summed E-state index contributed by atoms with van der Waals surface area (Å²) in [5.41, 5.74) is 1.62. The van der Waals surface area contributed by atoms with Crippen molar-refractivity contribution in [1.82, 2.24) is 9.38 Å². The van der Waals surface area contributed by atoms with Crippen LogP contribution in [0.15, 0.2) is 53.6 Å². The van der Waals surface area contributed by atoms with E-state index in [1.54, 1.807) is 36.0 Å². The average Bonchev–Trinajstić information content (AvgIpc) is 3.10. The number of rotatable bonds is 4. The SMILES string of the molecule is Cc1ccc(Oc2ccc3n(c2)c(=O)c(C)c(O)[n+]3Cc2cnc(Cl)s2)cc1. The first-order chi connectivity index (χ1) is 13.4. The summed E-state index contributed by atoms with van der Waals surface area (Å²) in [6.07, 6.45) is 3.28. The standard InChI is InChI=1S/C20H16ClN3O3S/c1-12-3-5-14(6-4-12)27-15-7-8-17-23(10-15)18(25)13(2)19(26)24(17)11-16-9-22-20(21)28-16/h3-10H,11H2,1-2H3/p+1. The van der Waals surface area contributed by atoms with E-state index >= 15 is 0 Å². The van der Waals surface area contributed by atoms with Gasteiger partial charge in [-0.1, -0.05) is 29.3 Å². The summed E-state index contributed by atoms with van der Waals surface area (Å²) in [5, 5.41) is 10.5. The molecule has 0 aliphatic heterocycles. The number of ether oxygens (including phenoxy) is 1. The van der Waals surface area contributed by atoms with Crippen molar-refractivity contribution in [1.29, 1.82) is 0 Å². The van der Waals surface area contributed by atoms with Crippen LogP contribution in [0, 0.1) is 13.8 Å². The molecule has 142 valence electrons. The second kappa shape index (κ2) is 7.26. The van der Waals surface area contributed by atoms with Gasteiger partial charge in [0.15, 0.2) is 10.2 Å². The Labute approximate surface area is 169 Å². The molecule has 28 heavy (non-hydrogen) atoms. The summed E-state index contributed by atoms with van der Waals surface area (Å²) in [6.45, 7) is 3.94. The van der Waals surface area contributed by atoms with Gasteiger partial charge in [-0.15, -0.1) is 11.3 Å². The van der Waals surface area contributed by atoms with Crippen molar-refractivity contribution in [2.24, 2.45) is 0 Å². The molecule has 0 aliphatic rings. The predicted molar refractivity (Wildman–Crippen MR) is 108 cm³/mol. The number of aryl methyl sites for hydroxylation is 1. The highest BCUT2D eigenvalue weighted by Gasteiger charge is 2.22. The van der Waals surface area contributed by atoms with Crippen LogP contribution in [0.3, 0.4) is 0 Å². The smallest absolute Gasteiger partial charge is 0.349 e. The Morgan fingerprint density at radius 3 is 2.57 bits per heavy atom. The van der Waals surface area contributed by atoms with E-state index in [4.69, 9.17) is 16.3 Å². The van der Waals surface area contributed by atoms with E-state index in [9.17, 15) is 9.90 Å². The summed E-state index contributed by atoms with van der Waals surface area (Å²) in [6, 6.07) is 11.2. The Morgan fingerprint density at radius 1 is 1.18 bits per heavy atom. The largest absolute Gasteiger partial charge is 0.477 e. The van der Waals surface area contributed by atoms with Crippen molar-refractivity contribution in [3.8, 4) is 17.4 Å². The van der Waals surface area contributed by atoms with Crippen molar-refractivity contribution < 1.29 is 14.4 Å². The predicted octanol–water partition coefficient (Wildman–Crippen LogP) is 3.86. The van der Waals surface area contributed by atoms with Gasteiger partial charge in [-0.05, 0) is 32.0 Å². The summed E-state index contributed by atoms with van der Waals surface area (Å²) >= 11 is 7.24. The Kier molecular flexibility index (Phi) is 4.78. The molecule has 1 aromatic carbocycles. The first-order valence-corrected chi connectivity index (χ1v) is 9.74. The van der Waals surface area contributed by atoms with Gasteiger partial charge < -0.3 is 9.84 Å². The Bertz CT molecular complexity index is 1230. The zero-order valence-electron chi connectivity index (χ0n) is 15.2. The summed E-state index contributed by atoms with van der Waals surface area (Å²) in [5.74, 6) is 1.12. The highest BCUT2D eigenvalue weighted by molar-refractivity contribution is 7.15. The second-order valence-corrected chi connectivity index (χ2v) is 8.12. The number of aromatic hydroxyl groups is 1. The zero-order valence-corrected chi connectivity index (χ0v) is 16.8. The van der Waals surface area contributed by atoms with Crippen LogP contribution in [0.25, 0.3) is 5.65 Å². The first-order valence-electron chi connectivity index (χ1n) is 8.55. The fraction of sp³-hybridized carbons (Fsp3) is 0.150. The number of hydrogen-bond donors (Lipinski definition) is 1. The topological polar surface area (TPSA) is 67.7 Å². The van der Waals surface area contributed by atoms with Crippen molar-refractivity contribution in [3.63, 3.8) is 0 Å². The van der Waals surface area contributed by atoms with E-state index in [-0.39, 0.29) is 17.0 Å². The van der Waals surface area contributed by atoms with Crippen LogP contribution in [-0.4, -0.2) is 14.5 Å². The number of benzene rings is 1. The van der Waals surface area contributed by atoms with E-state index in [0.29, 0.717) is 28.2 Å². The van der Waals surface area contributed by atoms with Gasteiger partial charge in [0.1, 0.15) is 24.1 Å². The lowest BCUT2D eigenvalue weighted by molar-refractivity contribution is -0.672. The Morgan fingerprint density at radius 2 is 1.89 bits per heavy atom. The molecule has 1 N–H and O–H groups in total. The van der Waals surface area contributed by atoms with Crippen LogP contribution < -0.4 is 14.9 Å². The molecule has 0 unspecified atom stereocenters. The molecule has 0 aliphatic carbocycles. The van der Waals surface area contributed by atoms with E-state index in [2.05, 4.69) is 4.98 Å². The fourth-order valence-electron chi connectivity index (χ4n) is 2.91. The minimum atomic E-state index is -0.305. The fourth-order valence-corrected chi connectivity index (χ4v) is 3.88. The number of nitrogens with zero attached hydrogens (tertiary/aromatic N) is 3. The van der Waals surface area contributed by atoms with E-state index < -0.39 is 0 Å². The molecule has 0 spiro atoms. The molecule has 0 fully saturated rings. The Balaban J connectivity index is 1.80. The molecule has 6 nitrogen and oxygen atoms in total. The molecule has 4 aromatic rings. The number of aromatic nitrogens is 3. The lowest BCUT2D eigenvalue weighted by Gasteiger charge is -2.09. The van der Waals surface area contributed by atoms with E-state index in [1.165, 1.54) is 15.7 Å². The maximum atomic E-state index is 12.7. The summed E-state index contributed by atoms with van der Waals surface area (Å²) in [4.78, 5) is 17.6. The van der Waals surface area contributed by atoms with Crippen molar-refractivity contribution in [2.75, 3.05) is 0 Å². The monoisotopic (exact) mass is 414 g/mol. The number of thiazole rings is 1. The molecular weight excluding hydrogens is 398 g/mol. The first kappa shape index (κ1) is 18.5. The van der Waals surface area contributed by atoms with Crippen molar-refractivity contribution in [3.05, 3.63) is 79.6 Å². The highest BCUT2D eigenvalue weighted by Crippen LogP contribution is 2.23. The summed E-state index contributed by atoms with van der Waals surface area (Å²) < 4.78 is 9.42. The van der Waals surface area contributed by atoms with Crippen LogP contribution in [0.1, 0.15) is 16.0 Å². The molecule has 4 rings (SSSR count). The van der Waals surface area contributed by atoms with Gasteiger partial charge in [0, 0.05) is 12.3 Å². The summed E-state index contributed by atoms with van der Waals surface area (Å²) in [7, 11) is 0. The van der Waals surface area contributed by atoms with Gasteiger partial charge in [0.2, 0.25) is 0 Å². The molecule has 3 heterocycles. The molecule has 0 saturated heterocycles. The zero-order chi connectivity index (χ0) is 19.8. The third-order valence-electron chi connectivity index (χ3n) is 4.40. The minimum Gasteiger partial charge on any atom is -0.477 e. The van der Waals surface area contributed by atoms with Crippen LogP contribution in [0.4, 0.5) is 0 Å². The van der Waals surface area contributed by atoms with Gasteiger partial charge in [0.25, 0.3) is 11.5 Å². The normalized spacial score (nSPS) is 11.1. The van der Waals surface area contributed by atoms with Gasteiger partial charge in [-0.3, -0.25) is 0 Å². The second-order valence-electron chi connectivity index (χ2n) is 6.43. The van der Waals surface area contributed by atoms with Gasteiger partial charge in [0.05, 0.1) is 4.88 Å². The minimum absolute atomic E-state index is 0.0817. The lowest BCUT2D eigenvalue weighted by atomic mass is 10.2. The van der Waals surface area contributed by atoms with Gasteiger partial charge >= 0.3 is 5.56 Å². The van der Waals surface area contributed by atoms with Gasteiger partial charge in [-0.25, -0.2) is 9.78 Å².